The van der Waals surface area contributed by atoms with Gasteiger partial charge in [0.1, 0.15) is 0 Å². The highest BCUT2D eigenvalue weighted by Gasteiger charge is 2.17. The van der Waals surface area contributed by atoms with E-state index in [0.29, 0.717) is 13.0 Å². The minimum absolute atomic E-state index is 0.0594. The van der Waals surface area contributed by atoms with E-state index in [1.165, 1.54) is 0 Å². The second-order valence-electron chi connectivity index (χ2n) is 4.19. The van der Waals surface area contributed by atoms with Crippen LogP contribution in [0.25, 0.3) is 0 Å². The van der Waals surface area contributed by atoms with E-state index < -0.39 is 0 Å². The summed E-state index contributed by atoms with van der Waals surface area (Å²) in [5, 5.41) is 2.87. The van der Waals surface area contributed by atoms with Gasteiger partial charge in [0.2, 0.25) is 5.91 Å². The maximum absolute atomic E-state index is 11.3. The van der Waals surface area contributed by atoms with Crippen LogP contribution in [0.2, 0.25) is 0 Å². The lowest BCUT2D eigenvalue weighted by Crippen LogP contribution is -2.49. The third-order valence-corrected chi connectivity index (χ3v) is 1.77. The van der Waals surface area contributed by atoms with E-state index in [4.69, 9.17) is 5.73 Å². The number of carbonyl (C=O) groups excluding carboxylic acids is 1. The zero-order valence-corrected chi connectivity index (χ0v) is 9.05. The van der Waals surface area contributed by atoms with Crippen molar-refractivity contribution in [3.63, 3.8) is 0 Å². The van der Waals surface area contributed by atoms with Crippen molar-refractivity contribution < 1.29 is 4.79 Å². The third kappa shape index (κ3) is 6.54. The molecule has 0 fully saturated rings. The quantitative estimate of drug-likeness (QED) is 0.626. The lowest BCUT2D eigenvalue weighted by Gasteiger charge is -2.24. The Labute approximate surface area is 80.5 Å². The zero-order chi connectivity index (χ0) is 10.5. The highest BCUT2D eigenvalue weighted by Crippen LogP contribution is 1.98. The number of hydrogen-bond donors (Lipinski definition) is 2. The Morgan fingerprint density at radius 1 is 1.46 bits per heavy atom. The molecular formula is C9H21N3O. The first-order valence-corrected chi connectivity index (χ1v) is 4.53. The van der Waals surface area contributed by atoms with Crippen LogP contribution in [0.3, 0.4) is 0 Å². The first kappa shape index (κ1) is 12.4. The summed E-state index contributed by atoms with van der Waals surface area (Å²) in [6.07, 6.45) is 0.524. The Bertz CT molecular complexity index is 166. The van der Waals surface area contributed by atoms with Gasteiger partial charge in [-0.05, 0) is 27.9 Å². The van der Waals surface area contributed by atoms with Crippen LogP contribution in [-0.2, 0) is 4.79 Å². The molecular weight excluding hydrogens is 166 g/mol. The molecule has 0 saturated carbocycles. The van der Waals surface area contributed by atoms with E-state index in [-0.39, 0.29) is 11.4 Å². The average molecular weight is 187 g/mol. The molecule has 0 aromatic rings. The standard InChI is InChI=1S/C9H21N3O/c1-9(2,7-10)11-8(13)5-6-12(3)4/h5-7,10H2,1-4H3,(H,11,13). The molecule has 0 aliphatic rings. The third-order valence-electron chi connectivity index (χ3n) is 1.77. The normalized spacial score (nSPS) is 11.8. The van der Waals surface area contributed by atoms with Crippen molar-refractivity contribution in [2.75, 3.05) is 27.2 Å². The van der Waals surface area contributed by atoms with Gasteiger partial charge >= 0.3 is 0 Å². The largest absolute Gasteiger partial charge is 0.350 e. The molecule has 3 N–H and O–H groups in total. The molecule has 0 saturated heterocycles. The summed E-state index contributed by atoms with van der Waals surface area (Å²) in [5.41, 5.74) is 5.20. The van der Waals surface area contributed by atoms with Crippen LogP contribution in [0.5, 0.6) is 0 Å². The molecule has 0 atom stereocenters. The van der Waals surface area contributed by atoms with Gasteiger partial charge in [-0.1, -0.05) is 0 Å². The number of rotatable bonds is 5. The molecule has 0 unspecified atom stereocenters. The Balaban J connectivity index is 3.74. The molecule has 4 nitrogen and oxygen atoms in total. The number of hydrogen-bond acceptors (Lipinski definition) is 3. The predicted octanol–water partition coefficient (Wildman–Crippen LogP) is -0.208. The SMILES string of the molecule is CN(C)CCC(=O)NC(C)(C)CN. The van der Waals surface area contributed by atoms with Gasteiger partial charge in [-0.15, -0.1) is 0 Å². The van der Waals surface area contributed by atoms with Crippen LogP contribution < -0.4 is 11.1 Å². The molecule has 0 radical (unpaired) electrons. The van der Waals surface area contributed by atoms with E-state index in [9.17, 15) is 4.79 Å². The zero-order valence-electron chi connectivity index (χ0n) is 9.05. The number of carbonyl (C=O) groups is 1. The molecule has 1 amide bonds. The Morgan fingerprint density at radius 3 is 2.38 bits per heavy atom. The van der Waals surface area contributed by atoms with Gasteiger partial charge in [-0.25, -0.2) is 0 Å². The van der Waals surface area contributed by atoms with Gasteiger partial charge in [0.15, 0.2) is 0 Å². The molecule has 0 bridgehead atoms. The van der Waals surface area contributed by atoms with Crippen LogP contribution in [0.15, 0.2) is 0 Å². The molecule has 0 rings (SSSR count). The van der Waals surface area contributed by atoms with E-state index in [1.54, 1.807) is 0 Å². The number of nitrogens with one attached hydrogen (secondary N) is 1. The van der Waals surface area contributed by atoms with Crippen LogP contribution in [-0.4, -0.2) is 43.5 Å². The van der Waals surface area contributed by atoms with Crippen molar-refractivity contribution >= 4 is 5.91 Å². The van der Waals surface area contributed by atoms with Gasteiger partial charge in [-0.2, -0.15) is 0 Å². The maximum atomic E-state index is 11.3. The Morgan fingerprint density at radius 2 is 2.00 bits per heavy atom. The first-order chi connectivity index (χ1) is 5.87. The van der Waals surface area contributed by atoms with E-state index in [2.05, 4.69) is 5.32 Å². The molecule has 78 valence electrons. The van der Waals surface area contributed by atoms with Crippen molar-refractivity contribution in [3.05, 3.63) is 0 Å². The van der Waals surface area contributed by atoms with E-state index in [1.807, 2.05) is 32.8 Å². The van der Waals surface area contributed by atoms with Crippen LogP contribution in [0.4, 0.5) is 0 Å². The summed E-state index contributed by atoms with van der Waals surface area (Å²) in [4.78, 5) is 13.3. The van der Waals surface area contributed by atoms with Crippen molar-refractivity contribution in [2.24, 2.45) is 5.73 Å². The van der Waals surface area contributed by atoms with E-state index in [0.717, 1.165) is 6.54 Å². The maximum Gasteiger partial charge on any atom is 0.221 e. The average Bonchev–Trinajstić information content (AvgIpc) is 2.00. The molecule has 4 heteroatoms. The topological polar surface area (TPSA) is 58.4 Å². The van der Waals surface area contributed by atoms with Crippen molar-refractivity contribution in [1.82, 2.24) is 10.2 Å². The molecule has 0 aliphatic heterocycles. The number of nitrogens with zero attached hydrogens (tertiary/aromatic N) is 1. The fraction of sp³-hybridized carbons (Fsp3) is 0.889. The van der Waals surface area contributed by atoms with Crippen molar-refractivity contribution in [2.45, 2.75) is 25.8 Å². The summed E-state index contributed by atoms with van der Waals surface area (Å²) in [6, 6.07) is 0. The van der Waals surface area contributed by atoms with Gasteiger partial charge < -0.3 is 16.0 Å². The minimum Gasteiger partial charge on any atom is -0.350 e. The smallest absolute Gasteiger partial charge is 0.221 e. The van der Waals surface area contributed by atoms with Crippen molar-refractivity contribution in [3.8, 4) is 0 Å². The summed E-state index contributed by atoms with van der Waals surface area (Å²) in [6.45, 7) is 5.06. The van der Waals surface area contributed by atoms with Crippen LogP contribution >= 0.6 is 0 Å². The van der Waals surface area contributed by atoms with Crippen LogP contribution in [0, 0.1) is 0 Å². The number of amides is 1. The van der Waals surface area contributed by atoms with Gasteiger partial charge in [0.25, 0.3) is 0 Å². The molecule has 0 heterocycles. The Hall–Kier alpha value is -0.610. The first-order valence-electron chi connectivity index (χ1n) is 4.53. The second-order valence-corrected chi connectivity index (χ2v) is 4.19. The van der Waals surface area contributed by atoms with Gasteiger partial charge in [0, 0.05) is 25.0 Å². The molecule has 0 aromatic heterocycles. The fourth-order valence-electron chi connectivity index (χ4n) is 0.816. The monoisotopic (exact) mass is 187 g/mol. The van der Waals surface area contributed by atoms with Crippen molar-refractivity contribution in [1.29, 1.82) is 0 Å². The summed E-state index contributed by atoms with van der Waals surface area (Å²) in [5.74, 6) is 0.0594. The molecule has 0 aliphatic carbocycles. The lowest BCUT2D eigenvalue weighted by molar-refractivity contribution is -0.122. The highest BCUT2D eigenvalue weighted by molar-refractivity contribution is 5.76. The lowest BCUT2D eigenvalue weighted by atomic mass is 10.1. The summed E-state index contributed by atoms with van der Waals surface area (Å²) < 4.78 is 0. The van der Waals surface area contributed by atoms with Gasteiger partial charge in [-0.3, -0.25) is 4.79 Å². The Kier molecular flexibility index (Phi) is 4.95. The highest BCUT2D eigenvalue weighted by atomic mass is 16.1. The summed E-state index contributed by atoms with van der Waals surface area (Å²) >= 11 is 0. The van der Waals surface area contributed by atoms with Crippen LogP contribution in [0.1, 0.15) is 20.3 Å². The molecule has 0 spiro atoms. The fourth-order valence-corrected chi connectivity index (χ4v) is 0.816. The minimum atomic E-state index is -0.288. The molecule has 13 heavy (non-hydrogen) atoms. The molecule has 0 aromatic carbocycles. The second kappa shape index (κ2) is 5.19. The summed E-state index contributed by atoms with van der Waals surface area (Å²) in [7, 11) is 3.89. The predicted molar refractivity (Wildman–Crippen MR) is 54.4 cm³/mol. The van der Waals surface area contributed by atoms with E-state index >= 15 is 0 Å². The van der Waals surface area contributed by atoms with Gasteiger partial charge in [0.05, 0.1) is 0 Å². The number of nitrogens with two attached hydrogens (primary N) is 1.